The number of alkyl halides is 4. The molecule has 0 N–H and O–H groups in total. The maximum absolute atomic E-state index is 12.0. The lowest BCUT2D eigenvalue weighted by atomic mass is 10.3. The van der Waals surface area contributed by atoms with Crippen LogP contribution in [-0.2, 0) is 5.33 Å². The number of rotatable bonds is 2. The Balaban J connectivity index is 3.11. The minimum absolute atomic E-state index is 0.266. The van der Waals surface area contributed by atoms with Crippen LogP contribution in [0.3, 0.4) is 0 Å². The molecule has 0 saturated heterocycles. The van der Waals surface area contributed by atoms with E-state index in [4.69, 9.17) is 0 Å². The van der Waals surface area contributed by atoms with Crippen LogP contribution < -0.4 is 4.74 Å². The summed E-state index contributed by atoms with van der Waals surface area (Å²) in [5.41, 5.74) is 0.891. The number of pyridine rings is 1. The first kappa shape index (κ1) is 13.0. The van der Waals surface area contributed by atoms with Gasteiger partial charge >= 0.3 is 6.36 Å². The lowest BCUT2D eigenvalue weighted by molar-refractivity contribution is -0.276. The molecule has 15 heavy (non-hydrogen) atoms. The Morgan fingerprint density at radius 2 is 2.13 bits per heavy atom. The molecule has 0 aliphatic heterocycles. The average molecular weight is 396 g/mol. The Morgan fingerprint density at radius 3 is 2.60 bits per heavy atom. The van der Waals surface area contributed by atoms with Gasteiger partial charge in [-0.15, -0.1) is 13.2 Å². The van der Waals surface area contributed by atoms with Crippen LogP contribution in [-0.4, -0.2) is 11.3 Å². The van der Waals surface area contributed by atoms with Crippen LogP contribution in [0.25, 0.3) is 0 Å². The number of ether oxygens (including phenoxy) is 1. The summed E-state index contributed by atoms with van der Waals surface area (Å²) in [6.45, 7) is 1.63. The molecule has 1 rings (SSSR count). The summed E-state index contributed by atoms with van der Waals surface area (Å²) >= 11 is 5.09. The van der Waals surface area contributed by atoms with E-state index in [0.29, 0.717) is 11.3 Å². The van der Waals surface area contributed by atoms with Crippen molar-refractivity contribution in [1.82, 2.24) is 4.98 Å². The molecule has 84 valence electrons. The third kappa shape index (κ3) is 3.78. The number of hydrogen-bond donors (Lipinski definition) is 0. The molecule has 7 heteroatoms. The van der Waals surface area contributed by atoms with Crippen LogP contribution in [0, 0.1) is 10.5 Å². The molecule has 0 aliphatic rings. The quantitative estimate of drug-likeness (QED) is 0.561. The molecule has 0 saturated carbocycles. The summed E-state index contributed by atoms with van der Waals surface area (Å²) in [6.07, 6.45) is -4.71. The van der Waals surface area contributed by atoms with E-state index in [-0.39, 0.29) is 5.33 Å². The van der Waals surface area contributed by atoms with Gasteiger partial charge in [0.05, 0.1) is 5.69 Å². The molecule has 1 aromatic rings. The lowest BCUT2D eigenvalue weighted by Gasteiger charge is -2.12. The van der Waals surface area contributed by atoms with E-state index >= 15 is 0 Å². The van der Waals surface area contributed by atoms with Gasteiger partial charge in [-0.25, -0.2) is 4.98 Å². The molecule has 2 nitrogen and oxygen atoms in total. The third-order valence-corrected chi connectivity index (χ3v) is 3.24. The van der Waals surface area contributed by atoms with Crippen LogP contribution in [0.4, 0.5) is 13.2 Å². The van der Waals surface area contributed by atoms with E-state index in [1.807, 2.05) is 22.6 Å². The van der Waals surface area contributed by atoms with Crippen molar-refractivity contribution in [3.05, 3.63) is 20.9 Å². The Bertz CT molecular complexity index is 370. The molecule has 1 heterocycles. The zero-order chi connectivity index (χ0) is 11.6. The van der Waals surface area contributed by atoms with Gasteiger partial charge in [0, 0.05) is 14.5 Å². The molecule has 0 bridgehead atoms. The maximum atomic E-state index is 12.0. The highest BCUT2D eigenvalue weighted by Gasteiger charge is 2.33. The molecular formula is C8H6BrF3INO. The van der Waals surface area contributed by atoms with E-state index < -0.39 is 12.2 Å². The minimum Gasteiger partial charge on any atom is -0.388 e. The standard InChI is InChI=1S/C8H6BrF3INO/c1-4-6(13)2-5(3-9)7(14-4)15-8(10,11)12/h2H,3H2,1H3. The van der Waals surface area contributed by atoms with Crippen LogP contribution in [0.5, 0.6) is 5.88 Å². The predicted molar refractivity (Wildman–Crippen MR) is 61.0 cm³/mol. The molecule has 0 atom stereocenters. The smallest absolute Gasteiger partial charge is 0.388 e. The molecular weight excluding hydrogens is 390 g/mol. The van der Waals surface area contributed by atoms with E-state index in [2.05, 4.69) is 25.7 Å². The van der Waals surface area contributed by atoms with Crippen LogP contribution in [0.2, 0.25) is 0 Å². The second kappa shape index (κ2) is 4.86. The highest BCUT2D eigenvalue weighted by molar-refractivity contribution is 14.1. The van der Waals surface area contributed by atoms with Crippen molar-refractivity contribution in [2.75, 3.05) is 0 Å². The Labute approximate surface area is 106 Å². The average Bonchev–Trinajstić information content (AvgIpc) is 2.08. The zero-order valence-corrected chi connectivity index (χ0v) is 11.3. The van der Waals surface area contributed by atoms with Gasteiger partial charge in [0.1, 0.15) is 0 Å². The number of nitrogens with zero attached hydrogens (tertiary/aromatic N) is 1. The summed E-state index contributed by atoms with van der Waals surface area (Å²) in [5.74, 6) is -0.391. The SMILES string of the molecule is Cc1nc(OC(F)(F)F)c(CBr)cc1I. The molecule has 0 amide bonds. The van der Waals surface area contributed by atoms with Gasteiger partial charge in [0.2, 0.25) is 5.88 Å². The summed E-state index contributed by atoms with van der Waals surface area (Å²) < 4.78 is 40.6. The summed E-state index contributed by atoms with van der Waals surface area (Å²) in [4.78, 5) is 3.75. The third-order valence-electron chi connectivity index (χ3n) is 1.55. The van der Waals surface area contributed by atoms with Gasteiger partial charge in [-0.2, -0.15) is 0 Å². The van der Waals surface area contributed by atoms with Crippen LogP contribution >= 0.6 is 38.5 Å². The van der Waals surface area contributed by atoms with Gasteiger partial charge in [-0.05, 0) is 35.6 Å². The monoisotopic (exact) mass is 395 g/mol. The molecule has 0 spiro atoms. The predicted octanol–water partition coefficient (Wildman–Crippen LogP) is 3.79. The molecule has 0 radical (unpaired) electrons. The number of halogens is 5. The van der Waals surface area contributed by atoms with Crippen molar-refractivity contribution in [3.63, 3.8) is 0 Å². The van der Waals surface area contributed by atoms with Crippen molar-refractivity contribution in [1.29, 1.82) is 0 Å². The van der Waals surface area contributed by atoms with Crippen LogP contribution in [0.1, 0.15) is 11.3 Å². The molecule has 0 aromatic carbocycles. The molecule has 0 aliphatic carbocycles. The van der Waals surface area contributed by atoms with Crippen LogP contribution in [0.15, 0.2) is 6.07 Å². The van der Waals surface area contributed by atoms with Gasteiger partial charge < -0.3 is 4.74 Å². The van der Waals surface area contributed by atoms with E-state index in [1.54, 1.807) is 13.0 Å². The molecule has 0 fully saturated rings. The Kier molecular flexibility index (Phi) is 4.21. The topological polar surface area (TPSA) is 22.1 Å². The van der Waals surface area contributed by atoms with E-state index in [9.17, 15) is 13.2 Å². The highest BCUT2D eigenvalue weighted by Crippen LogP contribution is 2.28. The molecule has 1 aromatic heterocycles. The zero-order valence-electron chi connectivity index (χ0n) is 7.53. The van der Waals surface area contributed by atoms with Crippen molar-refractivity contribution >= 4 is 38.5 Å². The summed E-state index contributed by atoms with van der Waals surface area (Å²) in [6, 6.07) is 1.61. The van der Waals surface area contributed by atoms with E-state index in [1.165, 1.54) is 0 Å². The van der Waals surface area contributed by atoms with Crippen molar-refractivity contribution < 1.29 is 17.9 Å². The van der Waals surface area contributed by atoms with Gasteiger partial charge in [0.15, 0.2) is 0 Å². The van der Waals surface area contributed by atoms with Gasteiger partial charge in [-0.3, -0.25) is 0 Å². The summed E-state index contributed by atoms with van der Waals surface area (Å²) in [7, 11) is 0. The van der Waals surface area contributed by atoms with Crippen molar-refractivity contribution in [3.8, 4) is 5.88 Å². The fraction of sp³-hybridized carbons (Fsp3) is 0.375. The lowest BCUT2D eigenvalue weighted by Crippen LogP contribution is -2.19. The second-order valence-corrected chi connectivity index (χ2v) is 4.42. The first-order chi connectivity index (χ1) is 6.83. The Hall–Kier alpha value is -0.0500. The molecule has 0 unspecified atom stereocenters. The first-order valence-electron chi connectivity index (χ1n) is 3.81. The Morgan fingerprint density at radius 1 is 1.53 bits per heavy atom. The van der Waals surface area contributed by atoms with Crippen molar-refractivity contribution in [2.24, 2.45) is 0 Å². The maximum Gasteiger partial charge on any atom is 0.574 e. The highest BCUT2D eigenvalue weighted by atomic mass is 127. The summed E-state index contributed by atoms with van der Waals surface area (Å²) in [5, 5.41) is 0.266. The van der Waals surface area contributed by atoms with E-state index in [0.717, 1.165) is 3.57 Å². The number of aryl methyl sites for hydroxylation is 1. The van der Waals surface area contributed by atoms with Gasteiger partial charge in [-0.1, -0.05) is 15.9 Å². The normalized spacial score (nSPS) is 11.6. The fourth-order valence-electron chi connectivity index (χ4n) is 0.890. The largest absolute Gasteiger partial charge is 0.574 e. The second-order valence-electron chi connectivity index (χ2n) is 2.70. The van der Waals surface area contributed by atoms with Crippen molar-refractivity contribution in [2.45, 2.75) is 18.6 Å². The first-order valence-corrected chi connectivity index (χ1v) is 6.01. The fourth-order valence-corrected chi connectivity index (χ4v) is 1.79. The number of hydrogen-bond acceptors (Lipinski definition) is 2. The van der Waals surface area contributed by atoms with Gasteiger partial charge in [0.25, 0.3) is 0 Å². The minimum atomic E-state index is -4.71. The number of aromatic nitrogens is 1.